The SMILES string of the molecule is CC1C(N)CCN1C(=O)c1cc(C(F)(F)F)ccc1F. The molecule has 2 N–H and O–H groups in total. The predicted octanol–water partition coefficient (Wildman–Crippen LogP) is 2.41. The first-order valence-corrected chi connectivity index (χ1v) is 6.15. The fraction of sp³-hybridized carbons (Fsp3) is 0.462. The van der Waals surface area contributed by atoms with Crippen LogP contribution in [0.2, 0.25) is 0 Å². The van der Waals surface area contributed by atoms with Gasteiger partial charge in [0.1, 0.15) is 5.82 Å². The zero-order valence-electron chi connectivity index (χ0n) is 10.7. The molecule has 2 rings (SSSR count). The molecular weight excluding hydrogens is 276 g/mol. The molecule has 110 valence electrons. The molecule has 1 heterocycles. The number of hydrogen-bond donors (Lipinski definition) is 1. The Kier molecular flexibility index (Phi) is 3.73. The third kappa shape index (κ3) is 2.63. The summed E-state index contributed by atoms with van der Waals surface area (Å²) in [6, 6.07) is 1.26. The van der Waals surface area contributed by atoms with Crippen LogP contribution < -0.4 is 5.73 Å². The lowest BCUT2D eigenvalue weighted by atomic mass is 10.1. The van der Waals surface area contributed by atoms with Crippen molar-refractivity contribution >= 4 is 5.91 Å². The number of likely N-dealkylation sites (tertiary alicyclic amines) is 1. The fourth-order valence-corrected chi connectivity index (χ4v) is 2.27. The number of carbonyl (C=O) groups is 1. The Bertz CT molecular complexity index is 530. The van der Waals surface area contributed by atoms with Crippen molar-refractivity contribution < 1.29 is 22.4 Å². The maximum Gasteiger partial charge on any atom is 0.416 e. The Balaban J connectivity index is 2.35. The molecule has 1 aliphatic rings. The van der Waals surface area contributed by atoms with Gasteiger partial charge in [0.05, 0.1) is 11.1 Å². The van der Waals surface area contributed by atoms with Crippen molar-refractivity contribution in [1.29, 1.82) is 0 Å². The van der Waals surface area contributed by atoms with E-state index in [-0.39, 0.29) is 12.1 Å². The number of nitrogens with two attached hydrogens (primary N) is 1. The van der Waals surface area contributed by atoms with Crippen LogP contribution in [0.25, 0.3) is 0 Å². The Morgan fingerprint density at radius 2 is 2.05 bits per heavy atom. The largest absolute Gasteiger partial charge is 0.416 e. The third-order valence-corrected chi connectivity index (χ3v) is 3.60. The van der Waals surface area contributed by atoms with Crippen LogP contribution in [0.15, 0.2) is 18.2 Å². The van der Waals surface area contributed by atoms with E-state index in [1.54, 1.807) is 6.92 Å². The second-order valence-corrected chi connectivity index (χ2v) is 4.88. The molecule has 1 fully saturated rings. The zero-order valence-corrected chi connectivity index (χ0v) is 10.7. The maximum atomic E-state index is 13.6. The van der Waals surface area contributed by atoms with Crippen LogP contribution in [-0.2, 0) is 6.18 Å². The molecular formula is C13H14F4N2O. The first-order chi connectivity index (χ1) is 9.21. The van der Waals surface area contributed by atoms with Gasteiger partial charge in [-0.1, -0.05) is 0 Å². The molecule has 2 unspecified atom stereocenters. The quantitative estimate of drug-likeness (QED) is 0.807. The minimum atomic E-state index is -4.62. The fourth-order valence-electron chi connectivity index (χ4n) is 2.27. The Morgan fingerprint density at radius 3 is 2.55 bits per heavy atom. The summed E-state index contributed by atoms with van der Waals surface area (Å²) >= 11 is 0. The van der Waals surface area contributed by atoms with Crippen LogP contribution in [-0.4, -0.2) is 29.4 Å². The monoisotopic (exact) mass is 290 g/mol. The second kappa shape index (κ2) is 5.05. The molecule has 0 bridgehead atoms. The summed E-state index contributed by atoms with van der Waals surface area (Å²) in [4.78, 5) is 13.5. The molecule has 0 aliphatic carbocycles. The molecule has 0 aromatic heterocycles. The van der Waals surface area contributed by atoms with Crippen molar-refractivity contribution in [3.05, 3.63) is 35.1 Å². The lowest BCUT2D eigenvalue weighted by Gasteiger charge is -2.23. The molecule has 3 nitrogen and oxygen atoms in total. The van der Waals surface area contributed by atoms with Crippen molar-refractivity contribution in [3.8, 4) is 0 Å². The topological polar surface area (TPSA) is 46.3 Å². The van der Waals surface area contributed by atoms with Crippen molar-refractivity contribution in [1.82, 2.24) is 4.90 Å². The van der Waals surface area contributed by atoms with Gasteiger partial charge in [-0.05, 0) is 31.5 Å². The first kappa shape index (κ1) is 14.8. The molecule has 7 heteroatoms. The van der Waals surface area contributed by atoms with Crippen LogP contribution in [0.5, 0.6) is 0 Å². The summed E-state index contributed by atoms with van der Waals surface area (Å²) in [5.41, 5.74) is 4.14. The van der Waals surface area contributed by atoms with Crippen LogP contribution in [0.1, 0.15) is 29.3 Å². The van der Waals surface area contributed by atoms with E-state index in [0.29, 0.717) is 31.2 Å². The summed E-state index contributed by atoms with van der Waals surface area (Å²) in [6.07, 6.45) is -4.07. The molecule has 0 saturated carbocycles. The van der Waals surface area contributed by atoms with Crippen molar-refractivity contribution in [3.63, 3.8) is 0 Å². The second-order valence-electron chi connectivity index (χ2n) is 4.88. The first-order valence-electron chi connectivity index (χ1n) is 6.15. The van der Waals surface area contributed by atoms with Gasteiger partial charge in [0.25, 0.3) is 5.91 Å². The molecule has 1 aliphatic heterocycles. The molecule has 1 aromatic carbocycles. The van der Waals surface area contributed by atoms with E-state index in [2.05, 4.69) is 0 Å². The Morgan fingerprint density at radius 1 is 1.40 bits per heavy atom. The Labute approximate surface area is 113 Å². The standard InChI is InChI=1S/C13H14F4N2O/c1-7-11(18)4-5-19(7)12(20)9-6-8(13(15,16)17)2-3-10(9)14/h2-3,6-7,11H,4-5,18H2,1H3. The number of nitrogens with zero attached hydrogens (tertiary/aromatic N) is 1. The van der Waals surface area contributed by atoms with E-state index < -0.39 is 29.0 Å². The van der Waals surface area contributed by atoms with Crippen molar-refractivity contribution in [2.24, 2.45) is 5.73 Å². The summed E-state index contributed by atoms with van der Waals surface area (Å²) in [6.45, 7) is 2.01. The number of carbonyl (C=O) groups excluding carboxylic acids is 1. The van der Waals surface area contributed by atoms with Crippen LogP contribution in [0.4, 0.5) is 17.6 Å². The smallest absolute Gasteiger partial charge is 0.334 e. The minimum absolute atomic E-state index is 0.243. The van der Waals surface area contributed by atoms with Gasteiger partial charge in [0, 0.05) is 18.6 Å². The summed E-state index contributed by atoms with van der Waals surface area (Å²) in [5.74, 6) is -1.72. The minimum Gasteiger partial charge on any atom is -0.334 e. The average Bonchev–Trinajstić information content (AvgIpc) is 2.68. The van der Waals surface area contributed by atoms with Gasteiger partial charge in [-0.3, -0.25) is 4.79 Å². The van der Waals surface area contributed by atoms with Crippen LogP contribution in [0, 0.1) is 5.82 Å². The molecule has 20 heavy (non-hydrogen) atoms. The van der Waals surface area contributed by atoms with Gasteiger partial charge in [-0.2, -0.15) is 13.2 Å². The molecule has 1 saturated heterocycles. The van der Waals surface area contributed by atoms with E-state index in [1.807, 2.05) is 0 Å². The average molecular weight is 290 g/mol. The molecule has 2 atom stereocenters. The van der Waals surface area contributed by atoms with Gasteiger partial charge in [-0.25, -0.2) is 4.39 Å². The van der Waals surface area contributed by atoms with Gasteiger partial charge in [0.15, 0.2) is 0 Å². The normalized spacial score (nSPS) is 23.2. The van der Waals surface area contributed by atoms with E-state index in [9.17, 15) is 22.4 Å². The van der Waals surface area contributed by atoms with Crippen molar-refractivity contribution in [2.75, 3.05) is 6.54 Å². The van der Waals surface area contributed by atoms with Gasteiger partial charge in [-0.15, -0.1) is 0 Å². The highest BCUT2D eigenvalue weighted by Gasteiger charge is 2.35. The summed E-state index contributed by atoms with van der Waals surface area (Å²) in [7, 11) is 0. The predicted molar refractivity (Wildman–Crippen MR) is 64.5 cm³/mol. The maximum absolute atomic E-state index is 13.6. The molecule has 0 radical (unpaired) electrons. The number of rotatable bonds is 1. The highest BCUT2D eigenvalue weighted by molar-refractivity contribution is 5.95. The van der Waals surface area contributed by atoms with E-state index in [4.69, 9.17) is 5.73 Å². The van der Waals surface area contributed by atoms with E-state index in [0.717, 1.165) is 0 Å². The van der Waals surface area contributed by atoms with Crippen molar-refractivity contribution in [2.45, 2.75) is 31.6 Å². The van der Waals surface area contributed by atoms with Crippen LogP contribution >= 0.6 is 0 Å². The lowest BCUT2D eigenvalue weighted by molar-refractivity contribution is -0.137. The van der Waals surface area contributed by atoms with Gasteiger partial charge in [0.2, 0.25) is 0 Å². The number of hydrogen-bond acceptors (Lipinski definition) is 2. The van der Waals surface area contributed by atoms with Gasteiger partial charge >= 0.3 is 6.18 Å². The lowest BCUT2D eigenvalue weighted by Crippen LogP contribution is -2.40. The van der Waals surface area contributed by atoms with Gasteiger partial charge < -0.3 is 10.6 Å². The van der Waals surface area contributed by atoms with E-state index >= 15 is 0 Å². The zero-order chi connectivity index (χ0) is 15.1. The third-order valence-electron chi connectivity index (χ3n) is 3.60. The summed E-state index contributed by atoms with van der Waals surface area (Å²) < 4.78 is 51.5. The Hall–Kier alpha value is -1.63. The number of alkyl halides is 3. The van der Waals surface area contributed by atoms with Crippen LogP contribution in [0.3, 0.4) is 0 Å². The number of benzene rings is 1. The van der Waals surface area contributed by atoms with E-state index in [1.165, 1.54) is 4.90 Å². The number of amides is 1. The molecule has 1 amide bonds. The highest BCUT2D eigenvalue weighted by Crippen LogP contribution is 2.31. The molecule has 1 aromatic rings. The number of halogens is 4. The highest BCUT2D eigenvalue weighted by atomic mass is 19.4. The summed E-state index contributed by atoms with van der Waals surface area (Å²) in [5, 5.41) is 0. The molecule has 0 spiro atoms.